The molecule has 0 radical (unpaired) electrons. The number of aliphatic hydroxyl groups is 1. The highest BCUT2D eigenvalue weighted by atomic mass is 16.5. The summed E-state index contributed by atoms with van der Waals surface area (Å²) in [6.45, 7) is 0.420. The van der Waals surface area contributed by atoms with Gasteiger partial charge in [0.2, 0.25) is 5.95 Å². The number of hydrogen-bond acceptors (Lipinski definition) is 7. The Bertz CT molecular complexity index is 411. The van der Waals surface area contributed by atoms with Gasteiger partial charge in [0, 0.05) is 6.54 Å². The zero-order valence-electron chi connectivity index (χ0n) is 12.1. The summed E-state index contributed by atoms with van der Waals surface area (Å²) in [5.41, 5.74) is -0.691. The lowest BCUT2D eigenvalue weighted by atomic mass is 9.95. The summed E-state index contributed by atoms with van der Waals surface area (Å²) in [6.07, 6.45) is 6.11. The van der Waals surface area contributed by atoms with E-state index in [4.69, 9.17) is 9.47 Å². The Hall–Kier alpha value is -1.63. The molecule has 0 spiro atoms. The lowest BCUT2D eigenvalue weighted by Crippen LogP contribution is -2.36. The highest BCUT2D eigenvalue weighted by Gasteiger charge is 2.28. The molecule has 7 nitrogen and oxygen atoms in total. The first-order chi connectivity index (χ1) is 9.65. The molecule has 0 atom stereocenters. The first-order valence-electron chi connectivity index (χ1n) is 6.95. The average Bonchev–Trinajstić information content (AvgIpc) is 2.70. The van der Waals surface area contributed by atoms with E-state index in [1.54, 1.807) is 0 Å². The van der Waals surface area contributed by atoms with E-state index in [-0.39, 0.29) is 12.0 Å². The maximum Gasteiger partial charge on any atom is 0.324 e. The third-order valence-corrected chi connectivity index (χ3v) is 3.57. The van der Waals surface area contributed by atoms with E-state index in [2.05, 4.69) is 20.3 Å². The number of aromatic nitrogens is 3. The van der Waals surface area contributed by atoms with Crippen molar-refractivity contribution in [1.82, 2.24) is 15.0 Å². The SMILES string of the molecule is COc1nc(NCC2(O)CCCCCC2)nc(OC)n1. The Morgan fingerprint density at radius 1 is 1.00 bits per heavy atom. The highest BCUT2D eigenvalue weighted by Crippen LogP contribution is 2.27. The predicted molar refractivity (Wildman–Crippen MR) is 74.1 cm³/mol. The zero-order chi connectivity index (χ0) is 14.4. The van der Waals surface area contributed by atoms with Crippen LogP contribution >= 0.6 is 0 Å². The summed E-state index contributed by atoms with van der Waals surface area (Å²) in [4.78, 5) is 12.1. The summed E-state index contributed by atoms with van der Waals surface area (Å²) in [5, 5.41) is 13.6. The lowest BCUT2D eigenvalue weighted by Gasteiger charge is -2.26. The number of nitrogens with one attached hydrogen (secondary N) is 1. The Morgan fingerprint density at radius 3 is 2.05 bits per heavy atom. The van der Waals surface area contributed by atoms with E-state index in [1.165, 1.54) is 27.1 Å². The third-order valence-electron chi connectivity index (χ3n) is 3.57. The summed E-state index contributed by atoms with van der Waals surface area (Å²) < 4.78 is 9.98. The second-order valence-corrected chi connectivity index (χ2v) is 5.12. The summed E-state index contributed by atoms with van der Waals surface area (Å²) in [6, 6.07) is 0.374. The van der Waals surface area contributed by atoms with E-state index in [1.807, 2.05) is 0 Å². The molecule has 1 saturated carbocycles. The molecule has 1 aliphatic carbocycles. The molecule has 0 amide bonds. The smallest absolute Gasteiger partial charge is 0.324 e. The van der Waals surface area contributed by atoms with Gasteiger partial charge in [0.05, 0.1) is 19.8 Å². The fraction of sp³-hybridized carbons (Fsp3) is 0.769. The van der Waals surface area contributed by atoms with Gasteiger partial charge in [-0.2, -0.15) is 9.97 Å². The van der Waals surface area contributed by atoms with Gasteiger partial charge in [0.25, 0.3) is 0 Å². The van der Waals surface area contributed by atoms with Gasteiger partial charge in [-0.25, -0.2) is 0 Å². The molecule has 20 heavy (non-hydrogen) atoms. The molecule has 0 aromatic carbocycles. The van der Waals surface area contributed by atoms with Gasteiger partial charge in [0.1, 0.15) is 0 Å². The van der Waals surface area contributed by atoms with Crippen LogP contribution in [0.15, 0.2) is 0 Å². The Kier molecular flexibility index (Phi) is 4.94. The van der Waals surface area contributed by atoms with Gasteiger partial charge in [-0.05, 0) is 12.8 Å². The minimum Gasteiger partial charge on any atom is -0.467 e. The fourth-order valence-electron chi connectivity index (χ4n) is 2.41. The molecule has 1 heterocycles. The van der Waals surface area contributed by atoms with Gasteiger partial charge >= 0.3 is 12.0 Å². The van der Waals surface area contributed by atoms with Crippen LogP contribution in [0, 0.1) is 0 Å². The fourth-order valence-corrected chi connectivity index (χ4v) is 2.41. The van der Waals surface area contributed by atoms with Crippen LogP contribution < -0.4 is 14.8 Å². The van der Waals surface area contributed by atoms with Crippen molar-refractivity contribution in [1.29, 1.82) is 0 Å². The Labute approximate surface area is 118 Å². The van der Waals surface area contributed by atoms with Crippen molar-refractivity contribution in [2.45, 2.75) is 44.1 Å². The van der Waals surface area contributed by atoms with E-state index >= 15 is 0 Å². The van der Waals surface area contributed by atoms with Crippen molar-refractivity contribution in [3.05, 3.63) is 0 Å². The van der Waals surface area contributed by atoms with Gasteiger partial charge in [-0.1, -0.05) is 25.7 Å². The standard InChI is InChI=1S/C13H22N4O3/c1-19-11-15-10(16-12(17-11)20-2)14-9-13(18)7-5-3-4-6-8-13/h18H,3-9H2,1-2H3,(H,14,15,16,17). The van der Waals surface area contributed by atoms with Crippen molar-refractivity contribution in [2.75, 3.05) is 26.1 Å². The number of ether oxygens (including phenoxy) is 2. The summed E-state index contributed by atoms with van der Waals surface area (Å²) in [5.74, 6) is 0.353. The first-order valence-corrected chi connectivity index (χ1v) is 6.95. The number of nitrogens with zero attached hydrogens (tertiary/aromatic N) is 3. The van der Waals surface area contributed by atoms with Crippen LogP contribution in [0.5, 0.6) is 12.0 Å². The number of methoxy groups -OCH3 is 2. The van der Waals surface area contributed by atoms with Crippen molar-refractivity contribution in [2.24, 2.45) is 0 Å². The third kappa shape index (κ3) is 3.93. The topological polar surface area (TPSA) is 89.4 Å². The highest BCUT2D eigenvalue weighted by molar-refractivity contribution is 5.28. The zero-order valence-corrected chi connectivity index (χ0v) is 12.1. The first kappa shape index (κ1) is 14.8. The predicted octanol–water partition coefficient (Wildman–Crippen LogP) is 1.39. The maximum atomic E-state index is 10.6. The maximum absolute atomic E-state index is 10.6. The minimum absolute atomic E-state index is 0.187. The molecule has 2 N–H and O–H groups in total. The molecular formula is C13H22N4O3. The molecule has 1 aliphatic rings. The summed E-state index contributed by atoms with van der Waals surface area (Å²) in [7, 11) is 2.97. The van der Waals surface area contributed by atoms with Gasteiger partial charge in [0.15, 0.2) is 0 Å². The van der Waals surface area contributed by atoms with E-state index < -0.39 is 5.60 Å². The van der Waals surface area contributed by atoms with Crippen molar-refractivity contribution < 1.29 is 14.6 Å². The van der Waals surface area contributed by atoms with Gasteiger partial charge in [-0.3, -0.25) is 0 Å². The van der Waals surface area contributed by atoms with E-state index in [9.17, 15) is 5.11 Å². The van der Waals surface area contributed by atoms with Crippen molar-refractivity contribution in [3.63, 3.8) is 0 Å². The molecular weight excluding hydrogens is 260 g/mol. The Morgan fingerprint density at radius 2 is 1.55 bits per heavy atom. The molecule has 112 valence electrons. The second-order valence-electron chi connectivity index (χ2n) is 5.12. The van der Waals surface area contributed by atoms with E-state index in [0.29, 0.717) is 12.5 Å². The van der Waals surface area contributed by atoms with Crippen LogP contribution in [0.3, 0.4) is 0 Å². The van der Waals surface area contributed by atoms with Crippen molar-refractivity contribution in [3.8, 4) is 12.0 Å². The number of rotatable bonds is 5. The molecule has 0 aliphatic heterocycles. The molecule has 0 saturated heterocycles. The van der Waals surface area contributed by atoms with E-state index in [0.717, 1.165) is 25.7 Å². The van der Waals surface area contributed by atoms with Crippen LogP contribution in [-0.2, 0) is 0 Å². The monoisotopic (exact) mass is 282 g/mol. The summed E-state index contributed by atoms with van der Waals surface area (Å²) >= 11 is 0. The molecule has 0 bridgehead atoms. The van der Waals surface area contributed by atoms with Crippen LogP contribution in [0.1, 0.15) is 38.5 Å². The van der Waals surface area contributed by atoms with Crippen LogP contribution in [0.4, 0.5) is 5.95 Å². The largest absolute Gasteiger partial charge is 0.467 e. The van der Waals surface area contributed by atoms with Crippen LogP contribution in [0.25, 0.3) is 0 Å². The average molecular weight is 282 g/mol. The number of anilines is 1. The molecule has 1 fully saturated rings. The molecule has 1 aromatic rings. The Balaban J connectivity index is 2.02. The molecule has 7 heteroatoms. The lowest BCUT2D eigenvalue weighted by molar-refractivity contribution is 0.0379. The van der Waals surface area contributed by atoms with Gasteiger partial charge in [-0.15, -0.1) is 4.98 Å². The molecule has 0 unspecified atom stereocenters. The number of hydrogen-bond donors (Lipinski definition) is 2. The molecule has 1 aromatic heterocycles. The quantitative estimate of drug-likeness (QED) is 0.789. The van der Waals surface area contributed by atoms with Crippen molar-refractivity contribution >= 4 is 5.95 Å². The normalized spacial score (nSPS) is 18.1. The second kappa shape index (κ2) is 6.69. The van der Waals surface area contributed by atoms with Gasteiger partial charge < -0.3 is 19.9 Å². The minimum atomic E-state index is -0.691. The van der Waals surface area contributed by atoms with Crippen LogP contribution in [-0.4, -0.2) is 46.4 Å². The molecule has 2 rings (SSSR count). The van der Waals surface area contributed by atoms with Crippen LogP contribution in [0.2, 0.25) is 0 Å².